The molecule has 0 aromatic carbocycles. The van der Waals surface area contributed by atoms with Crippen molar-refractivity contribution < 1.29 is 4.74 Å². The molecule has 0 amide bonds. The summed E-state index contributed by atoms with van der Waals surface area (Å²) in [4.78, 5) is 4.23. The number of pyridine rings is 1. The van der Waals surface area contributed by atoms with Crippen molar-refractivity contribution in [2.45, 2.75) is 25.0 Å². The predicted octanol–water partition coefficient (Wildman–Crippen LogP) is 2.02. The topological polar surface area (TPSA) is 60.2 Å². The van der Waals surface area contributed by atoms with Crippen LogP contribution in [-0.4, -0.2) is 24.2 Å². The standard InChI is InChI=1S/C10H14BrN3O/c1-15-8-3-7(4-8)14-10-9(12)2-6(11)5-13-10/h2,5,7-8H,3-4,12H2,1H3,(H,13,14). The van der Waals surface area contributed by atoms with Gasteiger partial charge in [-0.2, -0.15) is 0 Å². The number of halogens is 1. The molecule has 0 spiro atoms. The zero-order chi connectivity index (χ0) is 10.8. The summed E-state index contributed by atoms with van der Waals surface area (Å²) in [5.41, 5.74) is 6.50. The molecule has 0 radical (unpaired) electrons. The molecular formula is C10H14BrN3O. The Morgan fingerprint density at radius 3 is 2.93 bits per heavy atom. The van der Waals surface area contributed by atoms with Crippen LogP contribution in [0.2, 0.25) is 0 Å². The molecule has 0 atom stereocenters. The molecule has 0 unspecified atom stereocenters. The lowest BCUT2D eigenvalue weighted by Gasteiger charge is -2.35. The number of ether oxygens (including phenoxy) is 1. The molecule has 0 bridgehead atoms. The third kappa shape index (κ3) is 2.41. The highest BCUT2D eigenvalue weighted by Gasteiger charge is 2.29. The molecule has 1 fully saturated rings. The summed E-state index contributed by atoms with van der Waals surface area (Å²) in [5.74, 6) is 0.762. The Bertz CT molecular complexity index is 353. The number of nitrogens with two attached hydrogens (primary N) is 1. The highest BCUT2D eigenvalue weighted by Crippen LogP contribution is 2.28. The van der Waals surface area contributed by atoms with Gasteiger partial charge in [-0.15, -0.1) is 0 Å². The number of anilines is 2. The van der Waals surface area contributed by atoms with Gasteiger partial charge in [0.2, 0.25) is 0 Å². The first-order chi connectivity index (χ1) is 7.19. The number of nitrogens with one attached hydrogen (secondary N) is 1. The zero-order valence-electron chi connectivity index (χ0n) is 8.53. The van der Waals surface area contributed by atoms with Crippen molar-refractivity contribution in [3.63, 3.8) is 0 Å². The Hall–Kier alpha value is -0.810. The maximum Gasteiger partial charge on any atom is 0.149 e. The van der Waals surface area contributed by atoms with Crippen LogP contribution in [0.5, 0.6) is 0 Å². The summed E-state index contributed by atoms with van der Waals surface area (Å²) in [6.07, 6.45) is 4.17. The minimum atomic E-state index is 0.388. The van der Waals surface area contributed by atoms with Crippen LogP contribution in [0.25, 0.3) is 0 Å². The maximum absolute atomic E-state index is 5.83. The van der Waals surface area contributed by atoms with E-state index in [0.29, 0.717) is 17.8 Å². The Balaban J connectivity index is 1.94. The van der Waals surface area contributed by atoms with Gasteiger partial charge in [0.25, 0.3) is 0 Å². The van der Waals surface area contributed by atoms with Crippen LogP contribution in [0.1, 0.15) is 12.8 Å². The fourth-order valence-corrected chi connectivity index (χ4v) is 1.99. The molecule has 3 N–H and O–H groups in total. The molecule has 1 aliphatic rings. The molecule has 1 heterocycles. The van der Waals surface area contributed by atoms with Gasteiger partial charge in [0, 0.05) is 23.8 Å². The number of nitrogen functional groups attached to an aromatic ring is 1. The second-order valence-electron chi connectivity index (χ2n) is 3.76. The van der Waals surface area contributed by atoms with Gasteiger partial charge in [-0.05, 0) is 34.8 Å². The van der Waals surface area contributed by atoms with Gasteiger partial charge in [0.1, 0.15) is 5.82 Å². The van der Waals surface area contributed by atoms with Gasteiger partial charge in [0.05, 0.1) is 11.8 Å². The van der Waals surface area contributed by atoms with E-state index >= 15 is 0 Å². The highest BCUT2D eigenvalue weighted by molar-refractivity contribution is 9.10. The summed E-state index contributed by atoms with van der Waals surface area (Å²) in [7, 11) is 1.74. The Kier molecular flexibility index (Phi) is 3.11. The van der Waals surface area contributed by atoms with E-state index in [0.717, 1.165) is 23.1 Å². The summed E-state index contributed by atoms with van der Waals surface area (Å²) in [6, 6.07) is 2.29. The average Bonchev–Trinajstić information content (AvgIpc) is 2.13. The van der Waals surface area contributed by atoms with Crippen LogP contribution >= 0.6 is 15.9 Å². The minimum absolute atomic E-state index is 0.388. The smallest absolute Gasteiger partial charge is 0.149 e. The average molecular weight is 272 g/mol. The lowest BCUT2D eigenvalue weighted by Crippen LogP contribution is -2.40. The van der Waals surface area contributed by atoms with Crippen molar-refractivity contribution in [2.24, 2.45) is 0 Å². The number of aromatic nitrogens is 1. The van der Waals surface area contributed by atoms with Crippen molar-refractivity contribution in [1.82, 2.24) is 4.98 Å². The van der Waals surface area contributed by atoms with Crippen LogP contribution in [0.3, 0.4) is 0 Å². The number of rotatable bonds is 3. The molecule has 15 heavy (non-hydrogen) atoms. The lowest BCUT2D eigenvalue weighted by molar-refractivity contribution is 0.0328. The fourth-order valence-electron chi connectivity index (χ4n) is 1.64. The Labute approximate surface area is 97.3 Å². The first-order valence-electron chi connectivity index (χ1n) is 4.89. The first kappa shape index (κ1) is 10.7. The van der Waals surface area contributed by atoms with Crippen LogP contribution in [0.15, 0.2) is 16.7 Å². The fraction of sp³-hybridized carbons (Fsp3) is 0.500. The van der Waals surface area contributed by atoms with E-state index < -0.39 is 0 Å². The number of methoxy groups -OCH3 is 1. The molecule has 1 saturated carbocycles. The normalized spacial score (nSPS) is 24.7. The Morgan fingerprint density at radius 1 is 1.60 bits per heavy atom. The van der Waals surface area contributed by atoms with E-state index in [1.807, 2.05) is 6.07 Å². The van der Waals surface area contributed by atoms with E-state index in [-0.39, 0.29) is 0 Å². The molecule has 4 nitrogen and oxygen atoms in total. The maximum atomic E-state index is 5.83. The summed E-state index contributed by atoms with van der Waals surface area (Å²) in [5, 5.41) is 3.30. The van der Waals surface area contributed by atoms with E-state index in [1.54, 1.807) is 13.3 Å². The van der Waals surface area contributed by atoms with Crippen molar-refractivity contribution in [2.75, 3.05) is 18.2 Å². The second kappa shape index (κ2) is 4.37. The van der Waals surface area contributed by atoms with Gasteiger partial charge in [0.15, 0.2) is 0 Å². The summed E-state index contributed by atoms with van der Waals surface area (Å²) >= 11 is 3.32. The molecule has 5 heteroatoms. The van der Waals surface area contributed by atoms with Crippen molar-refractivity contribution in [3.05, 3.63) is 16.7 Å². The van der Waals surface area contributed by atoms with E-state index in [1.165, 1.54) is 0 Å². The minimum Gasteiger partial charge on any atom is -0.396 e. The van der Waals surface area contributed by atoms with E-state index in [2.05, 4.69) is 26.2 Å². The molecule has 2 rings (SSSR count). The van der Waals surface area contributed by atoms with Gasteiger partial charge < -0.3 is 15.8 Å². The molecular weight excluding hydrogens is 258 g/mol. The van der Waals surface area contributed by atoms with Gasteiger partial charge in [-0.1, -0.05) is 0 Å². The van der Waals surface area contributed by atoms with E-state index in [9.17, 15) is 0 Å². The first-order valence-corrected chi connectivity index (χ1v) is 5.68. The highest BCUT2D eigenvalue weighted by atomic mass is 79.9. The van der Waals surface area contributed by atoms with Gasteiger partial charge in [-0.25, -0.2) is 4.98 Å². The molecule has 0 saturated heterocycles. The van der Waals surface area contributed by atoms with Crippen molar-refractivity contribution in [3.8, 4) is 0 Å². The van der Waals surface area contributed by atoms with Crippen LogP contribution in [-0.2, 0) is 4.74 Å². The number of hydrogen-bond acceptors (Lipinski definition) is 4. The quantitative estimate of drug-likeness (QED) is 0.883. The SMILES string of the molecule is COC1CC(Nc2ncc(Br)cc2N)C1. The molecule has 1 aromatic heterocycles. The monoisotopic (exact) mass is 271 g/mol. The molecule has 0 aliphatic heterocycles. The van der Waals surface area contributed by atoms with Crippen molar-refractivity contribution in [1.29, 1.82) is 0 Å². The van der Waals surface area contributed by atoms with Crippen LogP contribution in [0, 0.1) is 0 Å². The third-order valence-electron chi connectivity index (χ3n) is 2.65. The zero-order valence-corrected chi connectivity index (χ0v) is 10.1. The number of hydrogen-bond donors (Lipinski definition) is 2. The van der Waals surface area contributed by atoms with Crippen molar-refractivity contribution >= 4 is 27.4 Å². The molecule has 1 aliphatic carbocycles. The Morgan fingerprint density at radius 2 is 2.33 bits per heavy atom. The predicted molar refractivity (Wildman–Crippen MR) is 63.8 cm³/mol. The second-order valence-corrected chi connectivity index (χ2v) is 4.68. The molecule has 82 valence electrons. The van der Waals surface area contributed by atoms with E-state index in [4.69, 9.17) is 10.5 Å². The molecule has 1 aromatic rings. The van der Waals surface area contributed by atoms with Crippen LogP contribution < -0.4 is 11.1 Å². The van der Waals surface area contributed by atoms with Gasteiger partial charge in [-0.3, -0.25) is 0 Å². The summed E-state index contributed by atoms with van der Waals surface area (Å²) in [6.45, 7) is 0. The largest absolute Gasteiger partial charge is 0.396 e. The van der Waals surface area contributed by atoms with Gasteiger partial charge >= 0.3 is 0 Å². The lowest BCUT2D eigenvalue weighted by atomic mass is 9.89. The van der Waals surface area contributed by atoms with Crippen LogP contribution in [0.4, 0.5) is 11.5 Å². The number of nitrogens with zero attached hydrogens (tertiary/aromatic N) is 1. The summed E-state index contributed by atoms with van der Waals surface area (Å²) < 4.78 is 6.10. The third-order valence-corrected chi connectivity index (χ3v) is 3.09.